The summed E-state index contributed by atoms with van der Waals surface area (Å²) in [7, 11) is 0. The normalized spacial score (nSPS) is 15.5. The number of morpholine rings is 1. The second-order valence-corrected chi connectivity index (χ2v) is 11.9. The number of aromatic nitrogens is 1. The number of carbonyl (C=O) groups excluding carboxylic acids is 1. The second-order valence-electron chi connectivity index (χ2n) is 10.9. The van der Waals surface area contributed by atoms with Gasteiger partial charge in [-0.25, -0.2) is 4.79 Å². The van der Waals surface area contributed by atoms with Gasteiger partial charge >= 0.3 is 6.09 Å². The Morgan fingerprint density at radius 1 is 0.897 bits per heavy atom. The van der Waals surface area contributed by atoms with Crippen molar-refractivity contribution in [2.75, 3.05) is 44.3 Å². The Bertz CT molecular complexity index is 1530. The van der Waals surface area contributed by atoms with E-state index in [-0.39, 0.29) is 6.09 Å². The van der Waals surface area contributed by atoms with Gasteiger partial charge < -0.3 is 19.1 Å². The lowest BCUT2D eigenvalue weighted by molar-refractivity contribution is 0.0393. The van der Waals surface area contributed by atoms with Crippen LogP contribution in [0.2, 0.25) is 0 Å². The average molecular weight is 591 g/mol. The number of nitrogens with zero attached hydrogens (tertiary/aromatic N) is 3. The minimum Gasteiger partial charge on any atom is -0.453 e. The zero-order valence-corrected chi connectivity index (χ0v) is 24.0. The number of hydrogen-bond donors (Lipinski definition) is 0. The van der Waals surface area contributed by atoms with Gasteiger partial charge in [0, 0.05) is 42.2 Å². The van der Waals surface area contributed by atoms with Crippen molar-refractivity contribution in [3.05, 3.63) is 71.3 Å². The number of fused-ring (bicyclic) bond motifs is 3. The lowest BCUT2D eigenvalue weighted by atomic mass is 10.0. The maximum absolute atomic E-state index is 12.7. The number of halogens is 1. The number of hydrogen-bond acceptors (Lipinski definition) is 6. The van der Waals surface area contributed by atoms with E-state index in [1.54, 1.807) is 10.8 Å². The van der Waals surface area contributed by atoms with Crippen molar-refractivity contribution in [1.82, 2.24) is 9.47 Å². The molecule has 0 radical (unpaired) electrons. The standard InChI is InChI=1S/C31H32BrN3O4/c1-31(2,3)39-30(36)35-11-10-23-18-21(4-7-25(23)35)22-5-8-28-26(19-22)34(13-12-33-14-16-37-17-15-33)27-20-24(32)6-9-29(27)38-28/h4-11,18-20H,12-17H2,1-3H3. The van der Waals surface area contributed by atoms with Gasteiger partial charge in [0.2, 0.25) is 0 Å². The number of carbonyl (C=O) groups is 1. The summed E-state index contributed by atoms with van der Waals surface area (Å²) in [6.07, 6.45) is 1.39. The van der Waals surface area contributed by atoms with Crippen molar-refractivity contribution < 1.29 is 19.0 Å². The third-order valence-electron chi connectivity index (χ3n) is 7.04. The first-order valence-electron chi connectivity index (χ1n) is 13.3. The third kappa shape index (κ3) is 5.41. The second kappa shape index (κ2) is 10.3. The highest BCUT2D eigenvalue weighted by Crippen LogP contribution is 2.48. The molecule has 0 bridgehead atoms. The first kappa shape index (κ1) is 25.9. The average Bonchev–Trinajstić information content (AvgIpc) is 3.34. The van der Waals surface area contributed by atoms with Crippen LogP contribution in [-0.4, -0.2) is 60.6 Å². The summed E-state index contributed by atoms with van der Waals surface area (Å²) in [5, 5.41) is 0.978. The summed E-state index contributed by atoms with van der Waals surface area (Å²) < 4.78 is 20.0. The molecule has 202 valence electrons. The minimum atomic E-state index is -0.555. The Hall–Kier alpha value is -3.33. The van der Waals surface area contributed by atoms with E-state index >= 15 is 0 Å². The van der Waals surface area contributed by atoms with Gasteiger partial charge in [0.15, 0.2) is 11.5 Å². The molecule has 0 saturated carbocycles. The maximum atomic E-state index is 12.7. The first-order valence-corrected chi connectivity index (χ1v) is 14.1. The van der Waals surface area contributed by atoms with Gasteiger partial charge in [0.25, 0.3) is 0 Å². The predicted octanol–water partition coefficient (Wildman–Crippen LogP) is 7.43. The van der Waals surface area contributed by atoms with Crippen molar-refractivity contribution in [2.24, 2.45) is 0 Å². The van der Waals surface area contributed by atoms with Gasteiger partial charge in [-0.05, 0) is 80.4 Å². The molecule has 0 amide bonds. The number of benzene rings is 3. The quantitative estimate of drug-likeness (QED) is 0.247. The van der Waals surface area contributed by atoms with Gasteiger partial charge in [-0.15, -0.1) is 0 Å². The van der Waals surface area contributed by atoms with E-state index in [1.807, 2.05) is 51.1 Å². The number of rotatable bonds is 4. The Balaban J connectivity index is 1.33. The summed E-state index contributed by atoms with van der Waals surface area (Å²) in [5.41, 5.74) is 4.50. The summed E-state index contributed by atoms with van der Waals surface area (Å²) in [6.45, 7) is 10.8. The molecule has 0 N–H and O–H groups in total. The zero-order valence-electron chi connectivity index (χ0n) is 22.4. The van der Waals surface area contributed by atoms with Crippen LogP contribution in [0.1, 0.15) is 20.8 Å². The highest BCUT2D eigenvalue weighted by molar-refractivity contribution is 9.10. The van der Waals surface area contributed by atoms with E-state index in [4.69, 9.17) is 14.2 Å². The fourth-order valence-electron chi connectivity index (χ4n) is 5.13. The molecule has 2 aliphatic heterocycles. The Morgan fingerprint density at radius 3 is 2.36 bits per heavy atom. The van der Waals surface area contributed by atoms with Gasteiger partial charge in [-0.3, -0.25) is 9.47 Å². The summed E-state index contributed by atoms with van der Waals surface area (Å²) in [5.74, 6) is 1.69. The van der Waals surface area contributed by atoms with E-state index in [9.17, 15) is 4.79 Å². The van der Waals surface area contributed by atoms with E-state index in [0.29, 0.717) is 0 Å². The lowest BCUT2D eigenvalue weighted by Gasteiger charge is -2.35. The van der Waals surface area contributed by atoms with Crippen molar-refractivity contribution in [2.45, 2.75) is 26.4 Å². The van der Waals surface area contributed by atoms with E-state index in [2.05, 4.69) is 56.1 Å². The van der Waals surface area contributed by atoms with Crippen LogP contribution in [0.5, 0.6) is 11.5 Å². The third-order valence-corrected chi connectivity index (χ3v) is 7.53. The fourth-order valence-corrected chi connectivity index (χ4v) is 5.48. The lowest BCUT2D eigenvalue weighted by Crippen LogP contribution is -2.41. The minimum absolute atomic E-state index is 0.378. The van der Waals surface area contributed by atoms with Gasteiger partial charge in [0.1, 0.15) is 5.60 Å². The molecular weight excluding hydrogens is 558 g/mol. The van der Waals surface area contributed by atoms with Crippen LogP contribution < -0.4 is 9.64 Å². The molecule has 0 atom stereocenters. The monoisotopic (exact) mass is 589 g/mol. The summed E-state index contributed by atoms with van der Waals surface area (Å²) in [6, 6.07) is 20.6. The molecule has 0 unspecified atom stereocenters. The maximum Gasteiger partial charge on any atom is 0.418 e. The molecule has 0 aliphatic carbocycles. The van der Waals surface area contributed by atoms with Crippen LogP contribution >= 0.6 is 15.9 Å². The van der Waals surface area contributed by atoms with Crippen LogP contribution in [0.25, 0.3) is 22.0 Å². The first-order chi connectivity index (χ1) is 18.7. The highest BCUT2D eigenvalue weighted by atomic mass is 79.9. The molecule has 1 saturated heterocycles. The molecular formula is C31H32BrN3O4. The molecule has 4 aromatic rings. The van der Waals surface area contributed by atoms with Crippen molar-refractivity contribution in [3.8, 4) is 22.6 Å². The Labute approximate surface area is 237 Å². The van der Waals surface area contributed by atoms with Gasteiger partial charge in [-0.1, -0.05) is 28.1 Å². The van der Waals surface area contributed by atoms with E-state index < -0.39 is 5.60 Å². The number of ether oxygens (including phenoxy) is 3. The van der Waals surface area contributed by atoms with Crippen molar-refractivity contribution in [3.63, 3.8) is 0 Å². The molecule has 1 aromatic heterocycles. The molecule has 3 aromatic carbocycles. The SMILES string of the molecule is CC(C)(C)OC(=O)n1ccc2cc(-c3ccc4c(c3)N(CCN3CCOCC3)c3cc(Br)ccc3O4)ccc21. The summed E-state index contributed by atoms with van der Waals surface area (Å²) in [4.78, 5) is 17.5. The van der Waals surface area contributed by atoms with Gasteiger partial charge in [-0.2, -0.15) is 0 Å². The van der Waals surface area contributed by atoms with Crippen molar-refractivity contribution >= 4 is 44.3 Å². The van der Waals surface area contributed by atoms with Gasteiger partial charge in [0.05, 0.1) is 30.1 Å². The highest BCUT2D eigenvalue weighted by Gasteiger charge is 2.26. The van der Waals surface area contributed by atoms with E-state index in [0.717, 1.165) is 88.8 Å². The molecule has 39 heavy (non-hydrogen) atoms. The van der Waals surface area contributed by atoms with Crippen LogP contribution in [-0.2, 0) is 9.47 Å². The smallest absolute Gasteiger partial charge is 0.418 e. The molecule has 8 heteroatoms. The Kier molecular flexibility index (Phi) is 6.87. The van der Waals surface area contributed by atoms with Crippen molar-refractivity contribution in [1.29, 1.82) is 0 Å². The Morgan fingerprint density at radius 2 is 1.59 bits per heavy atom. The number of anilines is 2. The summed E-state index contributed by atoms with van der Waals surface area (Å²) >= 11 is 3.64. The van der Waals surface area contributed by atoms with Crippen LogP contribution in [0.3, 0.4) is 0 Å². The predicted molar refractivity (Wildman–Crippen MR) is 157 cm³/mol. The largest absolute Gasteiger partial charge is 0.453 e. The van der Waals surface area contributed by atoms with Crippen LogP contribution in [0.15, 0.2) is 71.3 Å². The van der Waals surface area contributed by atoms with E-state index in [1.165, 1.54) is 0 Å². The molecule has 2 aliphatic rings. The molecule has 6 rings (SSSR count). The topological polar surface area (TPSA) is 56.2 Å². The fraction of sp³-hybridized carbons (Fsp3) is 0.323. The molecule has 7 nitrogen and oxygen atoms in total. The molecule has 3 heterocycles. The van der Waals surface area contributed by atoms with Crippen LogP contribution in [0.4, 0.5) is 16.2 Å². The molecule has 0 spiro atoms. The molecule has 1 fully saturated rings. The zero-order chi connectivity index (χ0) is 27.1. The van der Waals surface area contributed by atoms with Crippen LogP contribution in [0, 0.1) is 0 Å².